The van der Waals surface area contributed by atoms with E-state index in [1.807, 2.05) is 19.1 Å². The van der Waals surface area contributed by atoms with Crippen molar-refractivity contribution in [3.05, 3.63) is 42.2 Å². The van der Waals surface area contributed by atoms with Gasteiger partial charge in [-0.2, -0.15) is 0 Å². The van der Waals surface area contributed by atoms with Crippen molar-refractivity contribution in [3.63, 3.8) is 0 Å². The van der Waals surface area contributed by atoms with Gasteiger partial charge in [0.2, 0.25) is 0 Å². The molecule has 0 bridgehead atoms. The van der Waals surface area contributed by atoms with Crippen LogP contribution in [0.5, 0.6) is 11.5 Å². The zero-order chi connectivity index (χ0) is 13.7. The minimum Gasteiger partial charge on any atom is -0.507 e. The van der Waals surface area contributed by atoms with Crippen LogP contribution in [0.4, 0.5) is 0 Å². The summed E-state index contributed by atoms with van der Waals surface area (Å²) in [6.07, 6.45) is 2.48. The molecule has 100 valence electrons. The third kappa shape index (κ3) is 3.03. The minimum absolute atomic E-state index is 0.144. The van der Waals surface area contributed by atoms with Gasteiger partial charge in [-0.05, 0) is 18.6 Å². The van der Waals surface area contributed by atoms with Gasteiger partial charge in [0, 0.05) is 11.1 Å². The molecule has 4 nitrogen and oxygen atoms in total. The van der Waals surface area contributed by atoms with Crippen LogP contribution < -0.4 is 4.74 Å². The molecule has 19 heavy (non-hydrogen) atoms. The van der Waals surface area contributed by atoms with Gasteiger partial charge in [-0.1, -0.05) is 25.1 Å². The first-order chi connectivity index (χ1) is 9.26. The predicted octanol–water partition coefficient (Wildman–Crippen LogP) is 2.74. The van der Waals surface area contributed by atoms with Crippen molar-refractivity contribution in [2.24, 2.45) is 0 Å². The topological polar surface area (TPSA) is 62.6 Å². The molecule has 0 aliphatic heterocycles. The van der Waals surface area contributed by atoms with Gasteiger partial charge < -0.3 is 14.9 Å². The van der Waals surface area contributed by atoms with Gasteiger partial charge in [0.15, 0.2) is 0 Å². The third-order valence-corrected chi connectivity index (χ3v) is 2.74. The number of ether oxygens (including phenoxy) is 1. The number of aliphatic hydroxyl groups excluding tert-OH is 1. The maximum Gasteiger partial charge on any atom is 0.145 e. The van der Waals surface area contributed by atoms with Crippen LogP contribution in [-0.4, -0.2) is 21.8 Å². The Balaban J connectivity index is 2.49. The molecule has 0 unspecified atom stereocenters. The van der Waals surface area contributed by atoms with E-state index >= 15 is 0 Å². The molecule has 2 rings (SSSR count). The third-order valence-electron chi connectivity index (χ3n) is 2.74. The van der Waals surface area contributed by atoms with Crippen LogP contribution in [0.2, 0.25) is 0 Å². The zero-order valence-electron chi connectivity index (χ0n) is 10.8. The van der Waals surface area contributed by atoms with E-state index in [9.17, 15) is 10.2 Å². The molecule has 0 amide bonds. The first-order valence-electron chi connectivity index (χ1n) is 6.27. The number of hydrogen-bond donors (Lipinski definition) is 2. The van der Waals surface area contributed by atoms with Crippen LogP contribution in [-0.2, 0) is 6.61 Å². The molecule has 1 aromatic carbocycles. The molecule has 0 spiro atoms. The van der Waals surface area contributed by atoms with Crippen LogP contribution in [0.1, 0.15) is 19.0 Å². The van der Waals surface area contributed by atoms with Gasteiger partial charge in [-0.15, -0.1) is 0 Å². The first kappa shape index (κ1) is 13.4. The fraction of sp³-hybridized carbons (Fsp3) is 0.267. The molecular weight excluding hydrogens is 242 g/mol. The lowest BCUT2D eigenvalue weighted by Gasteiger charge is -2.12. The standard InChI is InChI=1S/C15H17NO3/c1-2-7-19-15-9-16-11(10-17)8-13(15)12-5-3-4-6-14(12)18/h3-6,8-9,17-18H,2,7,10H2,1H3. The highest BCUT2D eigenvalue weighted by atomic mass is 16.5. The molecule has 0 aliphatic carbocycles. The quantitative estimate of drug-likeness (QED) is 0.866. The summed E-state index contributed by atoms with van der Waals surface area (Å²) in [7, 11) is 0. The molecule has 2 N–H and O–H groups in total. The summed E-state index contributed by atoms with van der Waals surface area (Å²) >= 11 is 0. The molecule has 2 aromatic rings. The number of phenolic OH excluding ortho intramolecular Hbond substituents is 1. The van der Waals surface area contributed by atoms with E-state index in [0.717, 1.165) is 12.0 Å². The molecule has 0 saturated heterocycles. The first-order valence-corrected chi connectivity index (χ1v) is 6.27. The molecule has 0 aliphatic rings. The fourth-order valence-electron chi connectivity index (χ4n) is 1.81. The molecule has 1 heterocycles. The van der Waals surface area contributed by atoms with Crippen LogP contribution >= 0.6 is 0 Å². The molecule has 0 radical (unpaired) electrons. The van der Waals surface area contributed by atoms with Crippen molar-refractivity contribution in [1.29, 1.82) is 0 Å². The van der Waals surface area contributed by atoms with Gasteiger partial charge in [0.1, 0.15) is 11.5 Å². The Kier molecular flexibility index (Phi) is 4.36. The second-order valence-electron chi connectivity index (χ2n) is 4.20. The number of phenols is 1. The molecular formula is C15H17NO3. The Morgan fingerprint density at radius 2 is 2.00 bits per heavy atom. The van der Waals surface area contributed by atoms with Crippen LogP contribution in [0.25, 0.3) is 11.1 Å². The second-order valence-corrected chi connectivity index (χ2v) is 4.20. The Hall–Kier alpha value is -2.07. The van der Waals surface area contributed by atoms with Gasteiger partial charge in [0.05, 0.1) is 25.1 Å². The Morgan fingerprint density at radius 3 is 2.68 bits per heavy atom. The Bertz CT molecular complexity index is 555. The summed E-state index contributed by atoms with van der Waals surface area (Å²) in [4.78, 5) is 4.11. The van der Waals surface area contributed by atoms with Crippen LogP contribution in [0, 0.1) is 0 Å². The lowest BCUT2D eigenvalue weighted by Crippen LogP contribution is -2.00. The lowest BCUT2D eigenvalue weighted by atomic mass is 10.0. The number of benzene rings is 1. The highest BCUT2D eigenvalue weighted by molar-refractivity contribution is 5.75. The number of pyridine rings is 1. The smallest absolute Gasteiger partial charge is 0.145 e. The molecule has 0 saturated carbocycles. The average molecular weight is 259 g/mol. The number of nitrogens with zero attached hydrogens (tertiary/aromatic N) is 1. The zero-order valence-corrected chi connectivity index (χ0v) is 10.8. The van der Waals surface area contributed by atoms with E-state index in [2.05, 4.69) is 4.98 Å². The van der Waals surface area contributed by atoms with E-state index in [1.165, 1.54) is 0 Å². The molecule has 4 heteroatoms. The highest BCUT2D eigenvalue weighted by Gasteiger charge is 2.11. The molecule has 1 aromatic heterocycles. The number of aromatic nitrogens is 1. The van der Waals surface area contributed by atoms with Crippen molar-refractivity contribution < 1.29 is 14.9 Å². The minimum atomic E-state index is -0.144. The summed E-state index contributed by atoms with van der Waals surface area (Å²) in [6.45, 7) is 2.46. The highest BCUT2D eigenvalue weighted by Crippen LogP contribution is 2.35. The van der Waals surface area contributed by atoms with E-state index in [1.54, 1.807) is 24.4 Å². The summed E-state index contributed by atoms with van der Waals surface area (Å²) in [5.41, 5.74) is 1.96. The normalized spacial score (nSPS) is 10.4. The number of aliphatic hydroxyl groups is 1. The van der Waals surface area contributed by atoms with Crippen LogP contribution in [0.3, 0.4) is 0 Å². The SMILES string of the molecule is CCCOc1cnc(CO)cc1-c1ccccc1O. The van der Waals surface area contributed by atoms with Crippen LogP contribution in [0.15, 0.2) is 36.5 Å². The maximum absolute atomic E-state index is 9.94. The van der Waals surface area contributed by atoms with Gasteiger partial charge >= 0.3 is 0 Å². The largest absolute Gasteiger partial charge is 0.507 e. The van der Waals surface area contributed by atoms with Crippen molar-refractivity contribution in [2.75, 3.05) is 6.61 Å². The van der Waals surface area contributed by atoms with Crippen molar-refractivity contribution in [1.82, 2.24) is 4.98 Å². The molecule has 0 atom stereocenters. The van der Waals surface area contributed by atoms with E-state index in [4.69, 9.17) is 4.74 Å². The molecule has 0 fully saturated rings. The van der Waals surface area contributed by atoms with Crippen molar-refractivity contribution in [2.45, 2.75) is 20.0 Å². The van der Waals surface area contributed by atoms with E-state index in [0.29, 0.717) is 23.6 Å². The number of para-hydroxylation sites is 1. The van der Waals surface area contributed by atoms with E-state index < -0.39 is 0 Å². The maximum atomic E-state index is 9.94. The summed E-state index contributed by atoms with van der Waals surface area (Å²) in [5.74, 6) is 0.791. The summed E-state index contributed by atoms with van der Waals surface area (Å²) < 4.78 is 5.64. The number of aromatic hydroxyl groups is 1. The second kappa shape index (κ2) is 6.20. The number of rotatable bonds is 5. The predicted molar refractivity (Wildman–Crippen MR) is 73.0 cm³/mol. The monoisotopic (exact) mass is 259 g/mol. The fourth-order valence-corrected chi connectivity index (χ4v) is 1.81. The van der Waals surface area contributed by atoms with Gasteiger partial charge in [-0.3, -0.25) is 4.98 Å². The Morgan fingerprint density at radius 1 is 1.21 bits per heavy atom. The Labute approximate surface area is 112 Å². The lowest BCUT2D eigenvalue weighted by molar-refractivity contribution is 0.275. The average Bonchev–Trinajstić information content (AvgIpc) is 2.45. The van der Waals surface area contributed by atoms with Gasteiger partial charge in [-0.25, -0.2) is 0 Å². The van der Waals surface area contributed by atoms with Crippen molar-refractivity contribution >= 4 is 0 Å². The summed E-state index contributed by atoms with van der Waals surface area (Å²) in [6, 6.07) is 8.78. The summed E-state index contributed by atoms with van der Waals surface area (Å²) in [5, 5.41) is 19.1. The van der Waals surface area contributed by atoms with E-state index in [-0.39, 0.29) is 12.4 Å². The van der Waals surface area contributed by atoms with Crippen molar-refractivity contribution in [3.8, 4) is 22.6 Å². The van der Waals surface area contributed by atoms with Gasteiger partial charge in [0.25, 0.3) is 0 Å². The number of hydrogen-bond acceptors (Lipinski definition) is 4.